The molecule has 0 radical (unpaired) electrons. The van der Waals surface area contributed by atoms with Crippen molar-refractivity contribution in [3.8, 4) is 11.5 Å². The van der Waals surface area contributed by atoms with Crippen molar-refractivity contribution in [2.45, 2.75) is 0 Å². The van der Waals surface area contributed by atoms with Gasteiger partial charge in [0.2, 0.25) is 5.91 Å². The van der Waals surface area contributed by atoms with Crippen molar-refractivity contribution in [1.82, 2.24) is 0 Å². The van der Waals surface area contributed by atoms with Crippen molar-refractivity contribution >= 4 is 23.6 Å². The molecule has 130 valence electrons. The zero-order chi connectivity index (χ0) is 18.2. The maximum atomic E-state index is 12.1. The van der Waals surface area contributed by atoms with Crippen molar-refractivity contribution in [3.05, 3.63) is 59.7 Å². The van der Waals surface area contributed by atoms with Gasteiger partial charge in [0.05, 0.1) is 32.6 Å². The van der Waals surface area contributed by atoms with Crippen LogP contribution in [0.5, 0.6) is 11.5 Å². The Bertz CT molecular complexity index is 798. The Morgan fingerprint density at radius 2 is 1.68 bits per heavy atom. The van der Waals surface area contributed by atoms with E-state index in [0.29, 0.717) is 17.2 Å². The van der Waals surface area contributed by atoms with E-state index in [1.165, 1.54) is 13.2 Å². The molecule has 2 aromatic carbocycles. The Morgan fingerprint density at radius 3 is 2.36 bits per heavy atom. The highest BCUT2D eigenvalue weighted by molar-refractivity contribution is 6.06. The summed E-state index contributed by atoms with van der Waals surface area (Å²) in [5, 5.41) is 2.66. The van der Waals surface area contributed by atoms with Crippen molar-refractivity contribution in [3.63, 3.8) is 0 Å². The number of rotatable bonds is 6. The third kappa shape index (κ3) is 4.60. The lowest BCUT2D eigenvalue weighted by atomic mass is 10.1. The second kappa shape index (κ2) is 8.54. The minimum Gasteiger partial charge on any atom is -0.493 e. The van der Waals surface area contributed by atoms with Crippen LogP contribution in [0, 0.1) is 0 Å². The van der Waals surface area contributed by atoms with Gasteiger partial charge in [-0.25, -0.2) is 4.79 Å². The van der Waals surface area contributed by atoms with Crippen molar-refractivity contribution in [2.75, 3.05) is 26.6 Å². The summed E-state index contributed by atoms with van der Waals surface area (Å²) in [6.45, 7) is 0. The highest BCUT2D eigenvalue weighted by Gasteiger charge is 2.12. The fourth-order valence-electron chi connectivity index (χ4n) is 2.18. The molecule has 0 heterocycles. The number of amides is 1. The van der Waals surface area contributed by atoms with Gasteiger partial charge in [0, 0.05) is 6.08 Å². The molecule has 0 unspecified atom stereocenters. The van der Waals surface area contributed by atoms with Gasteiger partial charge in [0.15, 0.2) is 11.5 Å². The molecule has 1 N–H and O–H groups in total. The molecule has 0 fully saturated rings. The Kier molecular flexibility index (Phi) is 6.17. The first-order chi connectivity index (χ1) is 12.1. The third-order valence-electron chi connectivity index (χ3n) is 3.42. The van der Waals surface area contributed by atoms with Crippen molar-refractivity contribution in [1.29, 1.82) is 0 Å². The number of carbonyl (C=O) groups excluding carboxylic acids is 2. The Morgan fingerprint density at radius 1 is 0.960 bits per heavy atom. The molecule has 0 aliphatic rings. The number of carbonyl (C=O) groups is 2. The fourth-order valence-corrected chi connectivity index (χ4v) is 2.18. The van der Waals surface area contributed by atoms with E-state index in [4.69, 9.17) is 14.2 Å². The normalized spacial score (nSPS) is 10.4. The van der Waals surface area contributed by atoms with E-state index in [0.717, 1.165) is 5.56 Å². The molecule has 6 nitrogen and oxygen atoms in total. The molecule has 0 atom stereocenters. The summed E-state index contributed by atoms with van der Waals surface area (Å²) < 4.78 is 15.1. The Balaban J connectivity index is 2.13. The maximum Gasteiger partial charge on any atom is 0.339 e. The molecule has 6 heteroatoms. The summed E-state index contributed by atoms with van der Waals surface area (Å²) in [5.41, 5.74) is 1.45. The summed E-state index contributed by atoms with van der Waals surface area (Å²) >= 11 is 0. The van der Waals surface area contributed by atoms with E-state index in [2.05, 4.69) is 5.32 Å². The monoisotopic (exact) mass is 341 g/mol. The minimum atomic E-state index is -0.514. The molecular formula is C19H19NO5. The number of hydrogen-bond acceptors (Lipinski definition) is 5. The van der Waals surface area contributed by atoms with Gasteiger partial charge < -0.3 is 19.5 Å². The van der Waals surface area contributed by atoms with Crippen LogP contribution in [-0.2, 0) is 9.53 Å². The van der Waals surface area contributed by atoms with Gasteiger partial charge in [-0.3, -0.25) is 4.79 Å². The zero-order valence-corrected chi connectivity index (χ0v) is 14.2. The third-order valence-corrected chi connectivity index (χ3v) is 3.42. The van der Waals surface area contributed by atoms with E-state index >= 15 is 0 Å². The predicted octanol–water partition coefficient (Wildman–Crippen LogP) is 3.14. The Labute approximate surface area is 146 Å². The van der Waals surface area contributed by atoms with Crippen LogP contribution in [0.1, 0.15) is 15.9 Å². The summed E-state index contributed by atoms with van der Waals surface area (Å²) in [6.07, 6.45) is 3.01. The lowest BCUT2D eigenvalue weighted by Gasteiger charge is -2.08. The highest BCUT2D eigenvalue weighted by Crippen LogP contribution is 2.28. The summed E-state index contributed by atoms with van der Waals surface area (Å²) in [4.78, 5) is 23.8. The molecule has 0 aliphatic carbocycles. The van der Waals surface area contributed by atoms with Gasteiger partial charge in [-0.15, -0.1) is 0 Å². The standard InChI is InChI=1S/C19H19NO5/c1-23-16-10-8-13(12-17(16)24-2)9-11-18(21)20-15-7-5-4-6-14(15)19(22)25-3/h4-12H,1-3H3,(H,20,21)/b11-9+. The molecule has 25 heavy (non-hydrogen) atoms. The number of nitrogens with one attached hydrogen (secondary N) is 1. The predicted molar refractivity (Wildman–Crippen MR) is 95.0 cm³/mol. The van der Waals surface area contributed by atoms with Crippen LogP contribution in [0.3, 0.4) is 0 Å². The summed E-state index contributed by atoms with van der Waals surface area (Å²) in [5.74, 6) is 0.295. The lowest BCUT2D eigenvalue weighted by Crippen LogP contribution is -2.12. The quantitative estimate of drug-likeness (QED) is 0.645. The largest absolute Gasteiger partial charge is 0.493 e. The highest BCUT2D eigenvalue weighted by atomic mass is 16.5. The van der Waals surface area contributed by atoms with Crippen LogP contribution in [0.2, 0.25) is 0 Å². The van der Waals surface area contributed by atoms with Crippen LogP contribution in [-0.4, -0.2) is 33.2 Å². The van der Waals surface area contributed by atoms with Gasteiger partial charge in [0.1, 0.15) is 0 Å². The molecule has 0 aromatic heterocycles. The first-order valence-electron chi connectivity index (χ1n) is 7.47. The molecule has 0 saturated heterocycles. The molecule has 2 rings (SSSR count). The van der Waals surface area contributed by atoms with E-state index in [1.807, 2.05) is 0 Å². The van der Waals surface area contributed by atoms with Gasteiger partial charge in [-0.05, 0) is 35.9 Å². The number of methoxy groups -OCH3 is 3. The second-order valence-corrected chi connectivity index (χ2v) is 4.97. The average Bonchev–Trinajstić information content (AvgIpc) is 2.65. The minimum absolute atomic E-state index is 0.290. The van der Waals surface area contributed by atoms with Crippen molar-refractivity contribution in [2.24, 2.45) is 0 Å². The van der Waals surface area contributed by atoms with Crippen LogP contribution in [0.4, 0.5) is 5.69 Å². The van der Waals surface area contributed by atoms with Gasteiger partial charge in [-0.2, -0.15) is 0 Å². The number of esters is 1. The SMILES string of the molecule is COC(=O)c1ccccc1NC(=O)/C=C/c1ccc(OC)c(OC)c1. The molecule has 0 spiro atoms. The van der Waals surface area contributed by atoms with E-state index in [9.17, 15) is 9.59 Å². The van der Waals surface area contributed by atoms with Gasteiger partial charge >= 0.3 is 5.97 Å². The average molecular weight is 341 g/mol. The molecule has 0 bridgehead atoms. The molecule has 0 saturated carbocycles. The first-order valence-corrected chi connectivity index (χ1v) is 7.47. The smallest absolute Gasteiger partial charge is 0.339 e. The summed E-state index contributed by atoms with van der Waals surface area (Å²) in [6, 6.07) is 11.9. The van der Waals surface area contributed by atoms with E-state index in [1.54, 1.807) is 62.8 Å². The van der Waals surface area contributed by atoms with E-state index < -0.39 is 5.97 Å². The number of ether oxygens (including phenoxy) is 3. The van der Waals surface area contributed by atoms with Crippen molar-refractivity contribution < 1.29 is 23.8 Å². The fraction of sp³-hybridized carbons (Fsp3) is 0.158. The molecule has 0 aliphatic heterocycles. The molecular weight excluding hydrogens is 322 g/mol. The Hall–Kier alpha value is -3.28. The second-order valence-electron chi connectivity index (χ2n) is 4.97. The first kappa shape index (κ1) is 18.1. The van der Waals surface area contributed by atoms with Crippen LogP contribution in [0.15, 0.2) is 48.5 Å². The summed E-state index contributed by atoms with van der Waals surface area (Å²) in [7, 11) is 4.39. The van der Waals surface area contributed by atoms with Crippen LogP contribution < -0.4 is 14.8 Å². The topological polar surface area (TPSA) is 73.9 Å². The lowest BCUT2D eigenvalue weighted by molar-refractivity contribution is -0.111. The number of hydrogen-bond donors (Lipinski definition) is 1. The zero-order valence-electron chi connectivity index (χ0n) is 14.2. The van der Waals surface area contributed by atoms with Gasteiger partial charge in [0.25, 0.3) is 0 Å². The molecule has 2 aromatic rings. The van der Waals surface area contributed by atoms with Crippen LogP contribution in [0.25, 0.3) is 6.08 Å². The number of para-hydroxylation sites is 1. The van der Waals surface area contributed by atoms with E-state index in [-0.39, 0.29) is 11.5 Å². The van der Waals surface area contributed by atoms with Gasteiger partial charge in [-0.1, -0.05) is 18.2 Å². The number of anilines is 1. The molecule has 1 amide bonds. The van der Waals surface area contributed by atoms with Crippen LogP contribution >= 0.6 is 0 Å². The maximum absolute atomic E-state index is 12.1. The number of benzene rings is 2.